The van der Waals surface area contributed by atoms with Crippen molar-refractivity contribution in [2.75, 3.05) is 13.7 Å². The van der Waals surface area contributed by atoms with Crippen LogP contribution >= 0.6 is 11.3 Å². The monoisotopic (exact) mass is 389 g/mol. The molecule has 3 aromatic rings. The van der Waals surface area contributed by atoms with E-state index in [0.29, 0.717) is 23.4 Å². The minimum atomic E-state index is -1.35. The van der Waals surface area contributed by atoms with E-state index in [0.717, 1.165) is 35.3 Å². The molecule has 1 saturated heterocycles. The number of fused-ring (bicyclic) bond motifs is 1. The minimum absolute atomic E-state index is 0.112. The highest BCUT2D eigenvalue weighted by molar-refractivity contribution is 7.16. The molecule has 0 saturated carbocycles. The van der Waals surface area contributed by atoms with E-state index in [2.05, 4.69) is 5.10 Å². The maximum atomic E-state index is 12.4. The maximum absolute atomic E-state index is 12.4. The van der Waals surface area contributed by atoms with Gasteiger partial charge in [-0.2, -0.15) is 5.10 Å². The molecule has 0 amide bonds. The van der Waals surface area contributed by atoms with Crippen LogP contribution in [0.3, 0.4) is 0 Å². The number of hydrogen-bond acceptors (Lipinski definition) is 6. The Bertz CT molecular complexity index is 998. The molecule has 3 heterocycles. The molecule has 144 valence electrons. The number of thiazole rings is 1. The summed E-state index contributed by atoms with van der Waals surface area (Å²) < 4.78 is 15.2. The van der Waals surface area contributed by atoms with Crippen LogP contribution in [0.2, 0.25) is 0 Å². The number of rotatable bonds is 5. The van der Waals surface area contributed by atoms with Gasteiger partial charge in [-0.25, -0.2) is 4.68 Å². The van der Waals surface area contributed by atoms with Gasteiger partial charge in [0.1, 0.15) is 12.3 Å². The first-order valence-electron chi connectivity index (χ1n) is 9.03. The summed E-state index contributed by atoms with van der Waals surface area (Å²) in [6.45, 7) is 2.56. The number of hydrogen-bond donors (Lipinski definition) is 1. The zero-order chi connectivity index (χ0) is 19.0. The number of aromatic nitrogens is 3. The number of methoxy groups -OCH3 is 1. The molecule has 2 aromatic heterocycles. The Balaban J connectivity index is 1.86. The van der Waals surface area contributed by atoms with Gasteiger partial charge in [0.2, 0.25) is 0 Å². The highest BCUT2D eigenvalue weighted by Gasteiger charge is 2.35. The second kappa shape index (κ2) is 7.20. The van der Waals surface area contributed by atoms with Crippen LogP contribution in [-0.4, -0.2) is 33.2 Å². The summed E-state index contributed by atoms with van der Waals surface area (Å²) >= 11 is 1.15. The Hall–Kier alpha value is -2.00. The van der Waals surface area contributed by atoms with Crippen LogP contribution in [0.25, 0.3) is 10.2 Å². The van der Waals surface area contributed by atoms with Gasteiger partial charge in [0.15, 0.2) is 6.23 Å². The zero-order valence-electron chi connectivity index (χ0n) is 15.4. The van der Waals surface area contributed by atoms with Crippen molar-refractivity contribution < 1.29 is 14.6 Å². The molecule has 1 aliphatic rings. The van der Waals surface area contributed by atoms with Crippen molar-refractivity contribution in [2.24, 2.45) is 0 Å². The molecule has 27 heavy (non-hydrogen) atoms. The van der Waals surface area contributed by atoms with Gasteiger partial charge in [0.05, 0.1) is 15.9 Å². The second-order valence-corrected chi connectivity index (χ2v) is 7.91. The molecule has 1 N–H and O–H groups in total. The van der Waals surface area contributed by atoms with Crippen molar-refractivity contribution in [1.29, 1.82) is 0 Å². The molecule has 0 bridgehead atoms. The lowest BCUT2D eigenvalue weighted by Gasteiger charge is -2.30. The van der Waals surface area contributed by atoms with Crippen LogP contribution in [0, 0.1) is 0 Å². The van der Waals surface area contributed by atoms with Crippen LogP contribution in [0.1, 0.15) is 43.7 Å². The maximum Gasteiger partial charge on any atom is 0.310 e. The Morgan fingerprint density at radius 2 is 2.26 bits per heavy atom. The van der Waals surface area contributed by atoms with Gasteiger partial charge >= 0.3 is 4.87 Å². The summed E-state index contributed by atoms with van der Waals surface area (Å²) in [6, 6.07) is 7.40. The van der Waals surface area contributed by atoms with E-state index in [4.69, 9.17) is 9.47 Å². The first-order valence-corrected chi connectivity index (χ1v) is 9.85. The van der Waals surface area contributed by atoms with Crippen LogP contribution in [0.15, 0.2) is 35.3 Å². The molecule has 1 fully saturated rings. The first kappa shape index (κ1) is 18.4. The molecular weight excluding hydrogens is 366 g/mol. The lowest BCUT2D eigenvalue weighted by atomic mass is 9.91. The smallest absolute Gasteiger partial charge is 0.310 e. The fraction of sp³-hybridized carbons (Fsp3) is 0.474. The molecule has 1 aliphatic heterocycles. The van der Waals surface area contributed by atoms with Gasteiger partial charge in [0.25, 0.3) is 0 Å². The Morgan fingerprint density at radius 1 is 1.41 bits per heavy atom. The Morgan fingerprint density at radius 3 is 3.00 bits per heavy atom. The van der Waals surface area contributed by atoms with E-state index in [-0.39, 0.29) is 17.8 Å². The fourth-order valence-electron chi connectivity index (χ4n) is 3.75. The van der Waals surface area contributed by atoms with Crippen molar-refractivity contribution in [3.05, 3.63) is 51.4 Å². The molecule has 2 unspecified atom stereocenters. The first-order chi connectivity index (χ1) is 13.0. The highest BCUT2D eigenvalue weighted by atomic mass is 32.1. The van der Waals surface area contributed by atoms with Gasteiger partial charge in [0, 0.05) is 25.5 Å². The molecule has 4 rings (SSSR count). The summed E-state index contributed by atoms with van der Waals surface area (Å²) in [5.74, 6) is 0. The summed E-state index contributed by atoms with van der Waals surface area (Å²) in [4.78, 5) is 12.3. The highest BCUT2D eigenvalue weighted by Crippen LogP contribution is 2.37. The van der Waals surface area contributed by atoms with Crippen molar-refractivity contribution in [3.63, 3.8) is 0 Å². The summed E-state index contributed by atoms with van der Waals surface area (Å²) in [5.41, 5.74) is 0.633. The molecule has 8 heteroatoms. The molecule has 0 radical (unpaired) electrons. The number of aliphatic hydroxyl groups is 1. The van der Waals surface area contributed by atoms with Crippen molar-refractivity contribution >= 4 is 21.6 Å². The van der Waals surface area contributed by atoms with Gasteiger partial charge in [-0.3, -0.25) is 9.36 Å². The van der Waals surface area contributed by atoms with E-state index < -0.39 is 5.60 Å². The van der Waals surface area contributed by atoms with Gasteiger partial charge in [-0.05, 0) is 38.3 Å². The lowest BCUT2D eigenvalue weighted by molar-refractivity contribution is -0.0479. The third-order valence-electron chi connectivity index (χ3n) is 5.07. The number of para-hydroxylation sites is 1. The lowest BCUT2D eigenvalue weighted by Crippen LogP contribution is -2.31. The number of ether oxygens (including phenoxy) is 2. The normalized spacial score (nSPS) is 20.0. The zero-order valence-corrected chi connectivity index (χ0v) is 16.2. The van der Waals surface area contributed by atoms with Crippen molar-refractivity contribution in [2.45, 2.75) is 44.7 Å². The summed E-state index contributed by atoms with van der Waals surface area (Å²) in [5, 5.41) is 16.0. The van der Waals surface area contributed by atoms with E-state index >= 15 is 0 Å². The van der Waals surface area contributed by atoms with Gasteiger partial charge in [-0.15, -0.1) is 0 Å². The molecule has 7 nitrogen and oxygen atoms in total. The van der Waals surface area contributed by atoms with E-state index in [9.17, 15) is 9.90 Å². The Kier molecular flexibility index (Phi) is 4.90. The summed E-state index contributed by atoms with van der Waals surface area (Å²) in [6.07, 6.45) is 4.47. The van der Waals surface area contributed by atoms with Crippen molar-refractivity contribution in [1.82, 2.24) is 14.3 Å². The van der Waals surface area contributed by atoms with Gasteiger partial charge in [-0.1, -0.05) is 23.5 Å². The van der Waals surface area contributed by atoms with Crippen LogP contribution in [0.4, 0.5) is 0 Å². The van der Waals surface area contributed by atoms with E-state index in [1.165, 1.54) is 0 Å². The van der Waals surface area contributed by atoms with Crippen LogP contribution in [-0.2, 0) is 21.8 Å². The molecular formula is C19H23N3O4S. The number of benzene rings is 1. The minimum Gasteiger partial charge on any atom is -0.379 e. The predicted molar refractivity (Wildman–Crippen MR) is 103 cm³/mol. The largest absolute Gasteiger partial charge is 0.379 e. The second-order valence-electron chi connectivity index (χ2n) is 6.92. The SMILES string of the molecule is COCn1c(=O)sc2cccc(C(C)(O)c3ccnn3C3CCCCO3)c21. The molecule has 1 aromatic carbocycles. The quantitative estimate of drug-likeness (QED) is 0.726. The van der Waals surface area contributed by atoms with E-state index in [1.807, 2.05) is 24.3 Å². The third kappa shape index (κ3) is 3.12. The fourth-order valence-corrected chi connectivity index (χ4v) is 4.65. The third-order valence-corrected chi connectivity index (χ3v) is 6.01. The van der Waals surface area contributed by atoms with Crippen LogP contribution < -0.4 is 4.87 Å². The van der Waals surface area contributed by atoms with Gasteiger partial charge < -0.3 is 14.6 Å². The molecule has 0 spiro atoms. The average Bonchev–Trinajstić information content (AvgIpc) is 3.28. The van der Waals surface area contributed by atoms with Crippen LogP contribution in [0.5, 0.6) is 0 Å². The predicted octanol–water partition coefficient (Wildman–Crippen LogP) is 2.82. The topological polar surface area (TPSA) is 78.5 Å². The average molecular weight is 389 g/mol. The van der Waals surface area contributed by atoms with E-state index in [1.54, 1.807) is 29.5 Å². The molecule has 0 aliphatic carbocycles. The number of nitrogens with zero attached hydrogens (tertiary/aromatic N) is 3. The summed E-state index contributed by atoms with van der Waals surface area (Å²) in [7, 11) is 1.55. The Labute approximate surface area is 160 Å². The van der Waals surface area contributed by atoms with Crippen molar-refractivity contribution in [3.8, 4) is 0 Å². The molecule has 2 atom stereocenters. The standard InChI is InChI=1S/C19H23N3O4S/c1-19(24,15-9-10-20-22(15)16-8-3-4-11-26-16)13-6-5-7-14-17(13)21(12-25-2)18(23)27-14/h5-7,9-10,16,24H,3-4,8,11-12H2,1-2H3.